The molecule has 1 heterocycles. The zero-order valence-corrected chi connectivity index (χ0v) is 16.7. The quantitative estimate of drug-likeness (QED) is 0.647. The normalized spacial score (nSPS) is 10.6. The fourth-order valence-corrected chi connectivity index (χ4v) is 3.62. The molecule has 2 aromatic carbocycles. The van der Waals surface area contributed by atoms with Crippen LogP contribution >= 0.6 is 11.8 Å². The second kappa shape index (κ2) is 7.81. The van der Waals surface area contributed by atoms with Gasteiger partial charge in [0.1, 0.15) is 11.1 Å². The first-order chi connectivity index (χ1) is 12.9. The Hall–Kier alpha value is -2.84. The number of rotatable bonds is 4. The predicted octanol–water partition coefficient (Wildman–Crippen LogP) is 5.07. The zero-order valence-electron chi connectivity index (χ0n) is 15.9. The number of thioether (sulfide) groups is 1. The van der Waals surface area contributed by atoms with Crippen LogP contribution in [-0.4, -0.2) is 16.6 Å². The number of carbonyl (C=O) groups excluding carboxylic acids is 1. The van der Waals surface area contributed by atoms with Crippen LogP contribution in [-0.2, 0) is 4.79 Å². The van der Waals surface area contributed by atoms with Crippen LogP contribution in [0.3, 0.4) is 0 Å². The van der Waals surface area contributed by atoms with E-state index in [1.54, 1.807) is 0 Å². The summed E-state index contributed by atoms with van der Waals surface area (Å²) in [6.45, 7) is 8.07. The minimum Gasteiger partial charge on any atom is -0.325 e. The number of carbonyl (C=O) groups is 1. The number of hydrogen-bond acceptors (Lipinski definition) is 4. The zero-order chi connectivity index (χ0) is 19.6. The highest BCUT2D eigenvalue weighted by Crippen LogP contribution is 2.28. The number of benzene rings is 2. The molecule has 1 aromatic heterocycles. The Labute approximate surface area is 163 Å². The van der Waals surface area contributed by atoms with E-state index in [2.05, 4.69) is 16.4 Å². The molecule has 3 aromatic rings. The summed E-state index contributed by atoms with van der Waals surface area (Å²) >= 11 is 1.29. The molecule has 4 nitrogen and oxygen atoms in total. The third kappa shape index (κ3) is 3.96. The Morgan fingerprint density at radius 2 is 1.85 bits per heavy atom. The van der Waals surface area contributed by atoms with Crippen molar-refractivity contribution in [2.75, 3.05) is 11.1 Å². The van der Waals surface area contributed by atoms with Gasteiger partial charge in [-0.2, -0.15) is 5.26 Å². The van der Waals surface area contributed by atoms with Crippen LogP contribution in [0, 0.1) is 39.0 Å². The van der Waals surface area contributed by atoms with Crippen molar-refractivity contribution in [1.82, 2.24) is 4.98 Å². The summed E-state index contributed by atoms with van der Waals surface area (Å²) in [6, 6.07) is 13.9. The second-order valence-electron chi connectivity index (χ2n) is 6.62. The average molecular weight is 375 g/mol. The molecule has 0 unspecified atom stereocenters. The van der Waals surface area contributed by atoms with Crippen molar-refractivity contribution in [3.05, 3.63) is 64.2 Å². The minimum absolute atomic E-state index is 0.111. The van der Waals surface area contributed by atoms with Crippen LogP contribution in [0.25, 0.3) is 10.9 Å². The first-order valence-corrected chi connectivity index (χ1v) is 9.69. The molecular weight excluding hydrogens is 354 g/mol. The molecule has 136 valence electrons. The summed E-state index contributed by atoms with van der Waals surface area (Å²) in [4.78, 5) is 17.1. The molecule has 0 aliphatic heterocycles. The number of nitrogens with one attached hydrogen (secondary N) is 1. The van der Waals surface area contributed by atoms with Crippen molar-refractivity contribution in [2.24, 2.45) is 0 Å². The van der Waals surface area contributed by atoms with E-state index in [1.165, 1.54) is 11.8 Å². The number of pyridine rings is 1. The molecule has 0 fully saturated rings. The number of hydrogen-bond donors (Lipinski definition) is 1. The number of nitrogens with zero attached hydrogens (tertiary/aromatic N) is 2. The average Bonchev–Trinajstić information content (AvgIpc) is 2.66. The summed E-state index contributed by atoms with van der Waals surface area (Å²) in [5, 5.41) is 13.9. The van der Waals surface area contributed by atoms with Gasteiger partial charge in [-0.05, 0) is 62.1 Å². The van der Waals surface area contributed by atoms with Gasteiger partial charge >= 0.3 is 0 Å². The summed E-state index contributed by atoms with van der Waals surface area (Å²) in [6.07, 6.45) is 0. The molecule has 5 heteroatoms. The minimum atomic E-state index is -0.111. The molecule has 0 saturated carbocycles. The maximum atomic E-state index is 12.4. The lowest BCUT2D eigenvalue weighted by molar-refractivity contribution is -0.113. The van der Waals surface area contributed by atoms with Crippen LogP contribution in [0.4, 0.5) is 5.69 Å². The summed E-state index contributed by atoms with van der Waals surface area (Å²) in [7, 11) is 0. The Kier molecular flexibility index (Phi) is 5.48. The Morgan fingerprint density at radius 1 is 1.11 bits per heavy atom. The molecule has 0 spiro atoms. The smallest absolute Gasteiger partial charge is 0.234 e. The Balaban J connectivity index is 1.82. The van der Waals surface area contributed by atoms with Crippen LogP contribution in [0.1, 0.15) is 27.8 Å². The first kappa shape index (κ1) is 18.9. The van der Waals surface area contributed by atoms with Gasteiger partial charge in [-0.1, -0.05) is 36.0 Å². The van der Waals surface area contributed by atoms with Gasteiger partial charge in [-0.25, -0.2) is 4.98 Å². The van der Waals surface area contributed by atoms with Crippen LogP contribution < -0.4 is 5.32 Å². The second-order valence-corrected chi connectivity index (χ2v) is 7.58. The van der Waals surface area contributed by atoms with Crippen molar-refractivity contribution in [3.63, 3.8) is 0 Å². The number of aromatic nitrogens is 1. The first-order valence-electron chi connectivity index (χ1n) is 8.70. The summed E-state index contributed by atoms with van der Waals surface area (Å²) in [5.74, 6) is 0.0891. The monoisotopic (exact) mass is 375 g/mol. The fraction of sp³-hybridized carbons (Fsp3) is 0.227. The van der Waals surface area contributed by atoms with E-state index in [0.717, 1.165) is 38.8 Å². The maximum absolute atomic E-state index is 12.4. The third-order valence-electron chi connectivity index (χ3n) is 4.82. The van der Waals surface area contributed by atoms with Gasteiger partial charge in [0.25, 0.3) is 0 Å². The van der Waals surface area contributed by atoms with Gasteiger partial charge in [-0.3, -0.25) is 4.79 Å². The summed E-state index contributed by atoms with van der Waals surface area (Å²) in [5.41, 5.74) is 6.64. The van der Waals surface area contributed by atoms with Crippen LogP contribution in [0.5, 0.6) is 0 Å². The van der Waals surface area contributed by atoms with E-state index in [-0.39, 0.29) is 11.7 Å². The number of aryl methyl sites for hydroxylation is 3. The highest BCUT2D eigenvalue weighted by atomic mass is 32.2. The van der Waals surface area contributed by atoms with Crippen LogP contribution in [0.2, 0.25) is 0 Å². The molecule has 1 N–H and O–H groups in total. The van der Waals surface area contributed by atoms with Crippen LogP contribution in [0.15, 0.2) is 41.4 Å². The molecule has 0 aliphatic carbocycles. The third-order valence-corrected chi connectivity index (χ3v) is 5.81. The van der Waals surface area contributed by atoms with Gasteiger partial charge in [0.15, 0.2) is 0 Å². The molecule has 1 amide bonds. The van der Waals surface area contributed by atoms with E-state index >= 15 is 0 Å². The lowest BCUT2D eigenvalue weighted by Gasteiger charge is -2.11. The maximum Gasteiger partial charge on any atom is 0.234 e. The highest BCUT2D eigenvalue weighted by molar-refractivity contribution is 8.00. The van der Waals surface area contributed by atoms with Crippen molar-refractivity contribution in [2.45, 2.75) is 32.7 Å². The van der Waals surface area contributed by atoms with Gasteiger partial charge in [-0.15, -0.1) is 0 Å². The predicted molar refractivity (Wildman–Crippen MR) is 111 cm³/mol. The summed E-state index contributed by atoms with van der Waals surface area (Å²) < 4.78 is 0. The standard InChI is InChI=1S/C22H21N3OS/c1-13-6-5-7-19(15(13)3)24-20(26)12-27-22-18(11-23)10-17-9-8-14(2)16(4)21(17)25-22/h5-10H,12H2,1-4H3,(H,24,26). The lowest BCUT2D eigenvalue weighted by atomic mass is 10.0. The van der Waals surface area contributed by atoms with E-state index in [9.17, 15) is 10.1 Å². The van der Waals surface area contributed by atoms with Gasteiger partial charge in [0.05, 0.1) is 16.8 Å². The van der Waals surface area contributed by atoms with Crippen molar-refractivity contribution >= 4 is 34.3 Å². The molecule has 0 radical (unpaired) electrons. The Morgan fingerprint density at radius 3 is 2.59 bits per heavy atom. The lowest BCUT2D eigenvalue weighted by Crippen LogP contribution is -2.15. The number of anilines is 1. The van der Waals surface area contributed by atoms with E-state index in [4.69, 9.17) is 0 Å². The molecule has 0 bridgehead atoms. The topological polar surface area (TPSA) is 65.8 Å². The highest BCUT2D eigenvalue weighted by Gasteiger charge is 2.13. The van der Waals surface area contributed by atoms with Gasteiger partial charge < -0.3 is 5.32 Å². The number of amides is 1. The van der Waals surface area contributed by atoms with Gasteiger partial charge in [0, 0.05) is 11.1 Å². The molecule has 27 heavy (non-hydrogen) atoms. The van der Waals surface area contributed by atoms with Gasteiger partial charge in [0.2, 0.25) is 5.91 Å². The SMILES string of the molecule is Cc1cccc(NC(=O)CSc2nc3c(C)c(C)ccc3cc2C#N)c1C. The largest absolute Gasteiger partial charge is 0.325 e. The van der Waals surface area contributed by atoms with Crippen molar-refractivity contribution in [3.8, 4) is 6.07 Å². The number of nitriles is 1. The molecule has 0 saturated heterocycles. The Bertz CT molecular complexity index is 1080. The molecule has 0 atom stereocenters. The van der Waals surface area contributed by atoms with E-state index in [1.807, 2.05) is 64.1 Å². The molecular formula is C22H21N3OS. The number of fused-ring (bicyclic) bond motifs is 1. The van der Waals surface area contributed by atoms with E-state index in [0.29, 0.717) is 10.6 Å². The molecule has 0 aliphatic rings. The van der Waals surface area contributed by atoms with Crippen molar-refractivity contribution < 1.29 is 4.79 Å². The van der Waals surface area contributed by atoms with E-state index < -0.39 is 0 Å². The fourth-order valence-electron chi connectivity index (χ4n) is 2.86. The molecule has 3 rings (SSSR count). The van der Waals surface area contributed by atoms with Crippen molar-refractivity contribution in [1.29, 1.82) is 5.26 Å².